The van der Waals surface area contributed by atoms with Crippen molar-refractivity contribution in [3.8, 4) is 11.5 Å². The molecule has 0 saturated carbocycles. The zero-order valence-electron chi connectivity index (χ0n) is 13.2. The molecule has 1 aromatic carbocycles. The maximum Gasteiger partial charge on any atom is 0.235 e. The first kappa shape index (κ1) is 17.2. The number of benzene rings is 1. The van der Waals surface area contributed by atoms with E-state index in [1.54, 1.807) is 30.3 Å². The van der Waals surface area contributed by atoms with Gasteiger partial charge in [-0.3, -0.25) is 4.79 Å². The van der Waals surface area contributed by atoms with Crippen LogP contribution >= 0.6 is 11.8 Å². The fraction of sp³-hybridized carbons (Fsp3) is 0.176. The number of aromatic nitrogens is 2. The zero-order chi connectivity index (χ0) is 17.6. The molecule has 8 heteroatoms. The zero-order valence-corrected chi connectivity index (χ0v) is 14.0. The van der Waals surface area contributed by atoms with Crippen LogP contribution in [0.1, 0.15) is 0 Å². The highest BCUT2D eigenvalue weighted by atomic mass is 32.2. The standard InChI is InChI=1S/C17H16FN3O3S/c18-12-3-5-13(6-4-12)25-11-17(23)19-16-10-14(15-2-1-9-24-15)20-21(16)7-8-22/h1-6,9-10,22H,7-8,11H2,(H,19,23). The Kier molecular flexibility index (Phi) is 5.52. The highest BCUT2D eigenvalue weighted by Gasteiger charge is 2.14. The SMILES string of the molecule is O=C(CSc1ccc(F)cc1)Nc1cc(-c2ccco2)nn1CCO. The van der Waals surface area contributed by atoms with Crippen molar-refractivity contribution in [2.45, 2.75) is 11.4 Å². The summed E-state index contributed by atoms with van der Waals surface area (Å²) in [4.78, 5) is 13.0. The van der Waals surface area contributed by atoms with Gasteiger partial charge in [0, 0.05) is 11.0 Å². The van der Waals surface area contributed by atoms with Gasteiger partial charge in [-0.1, -0.05) is 0 Å². The Bertz CT molecular complexity index is 831. The molecule has 0 radical (unpaired) electrons. The van der Waals surface area contributed by atoms with E-state index in [9.17, 15) is 9.18 Å². The molecule has 2 heterocycles. The van der Waals surface area contributed by atoms with Crippen molar-refractivity contribution in [2.75, 3.05) is 17.7 Å². The Morgan fingerprint density at radius 1 is 1.32 bits per heavy atom. The van der Waals surface area contributed by atoms with Crippen molar-refractivity contribution < 1.29 is 18.7 Å². The molecule has 2 aromatic heterocycles. The minimum atomic E-state index is -0.313. The average molecular weight is 361 g/mol. The number of aliphatic hydroxyl groups is 1. The number of aliphatic hydroxyl groups excluding tert-OH is 1. The van der Waals surface area contributed by atoms with Gasteiger partial charge in [0.05, 0.1) is 25.2 Å². The van der Waals surface area contributed by atoms with Gasteiger partial charge in [0.25, 0.3) is 0 Å². The summed E-state index contributed by atoms with van der Waals surface area (Å²) in [6.07, 6.45) is 1.54. The summed E-state index contributed by atoms with van der Waals surface area (Å²) in [5.41, 5.74) is 0.569. The number of nitrogens with zero attached hydrogens (tertiary/aromatic N) is 2. The van der Waals surface area contributed by atoms with E-state index in [1.807, 2.05) is 0 Å². The van der Waals surface area contributed by atoms with Gasteiger partial charge in [-0.15, -0.1) is 11.8 Å². The van der Waals surface area contributed by atoms with Crippen molar-refractivity contribution in [1.82, 2.24) is 9.78 Å². The fourth-order valence-electron chi connectivity index (χ4n) is 2.19. The van der Waals surface area contributed by atoms with E-state index < -0.39 is 0 Å². The van der Waals surface area contributed by atoms with Gasteiger partial charge in [0.1, 0.15) is 17.3 Å². The molecule has 1 amide bonds. The summed E-state index contributed by atoms with van der Waals surface area (Å²) in [5.74, 6) is 0.691. The van der Waals surface area contributed by atoms with E-state index >= 15 is 0 Å². The van der Waals surface area contributed by atoms with E-state index in [0.29, 0.717) is 17.3 Å². The number of halogens is 1. The molecule has 6 nitrogen and oxygen atoms in total. The first-order chi connectivity index (χ1) is 12.2. The minimum absolute atomic E-state index is 0.105. The predicted molar refractivity (Wildman–Crippen MR) is 92.8 cm³/mol. The van der Waals surface area contributed by atoms with E-state index in [2.05, 4.69) is 10.4 Å². The van der Waals surface area contributed by atoms with Crippen LogP contribution in [0.15, 0.2) is 58.0 Å². The van der Waals surface area contributed by atoms with Crippen LogP contribution in [0.5, 0.6) is 0 Å². The first-order valence-electron chi connectivity index (χ1n) is 7.56. The molecule has 0 aliphatic carbocycles. The summed E-state index contributed by atoms with van der Waals surface area (Å²) in [6.45, 7) is 0.147. The van der Waals surface area contributed by atoms with Crippen molar-refractivity contribution >= 4 is 23.5 Å². The molecule has 0 saturated heterocycles. The Hall–Kier alpha value is -2.58. The van der Waals surface area contributed by atoms with E-state index in [4.69, 9.17) is 9.52 Å². The van der Waals surface area contributed by atoms with Gasteiger partial charge < -0.3 is 14.8 Å². The van der Waals surface area contributed by atoms with Crippen LogP contribution < -0.4 is 5.32 Å². The Balaban J connectivity index is 1.66. The number of nitrogens with one attached hydrogen (secondary N) is 1. The molecule has 130 valence electrons. The third kappa shape index (κ3) is 4.49. The molecular weight excluding hydrogens is 345 g/mol. The van der Waals surface area contributed by atoms with Crippen LogP contribution in [0.25, 0.3) is 11.5 Å². The summed E-state index contributed by atoms with van der Waals surface area (Å²) < 4.78 is 19.7. The van der Waals surface area contributed by atoms with E-state index in [0.717, 1.165) is 4.90 Å². The van der Waals surface area contributed by atoms with Gasteiger partial charge >= 0.3 is 0 Å². The molecule has 25 heavy (non-hydrogen) atoms. The van der Waals surface area contributed by atoms with Crippen LogP contribution in [0, 0.1) is 5.82 Å². The minimum Gasteiger partial charge on any atom is -0.463 e. The molecule has 0 aliphatic heterocycles. The average Bonchev–Trinajstić information content (AvgIpc) is 3.25. The maximum absolute atomic E-state index is 12.9. The highest BCUT2D eigenvalue weighted by Crippen LogP contribution is 2.23. The number of hydrogen-bond donors (Lipinski definition) is 2. The van der Waals surface area contributed by atoms with Crippen molar-refractivity contribution in [1.29, 1.82) is 0 Å². The Morgan fingerprint density at radius 2 is 2.12 bits per heavy atom. The molecular formula is C17H16FN3O3S. The topological polar surface area (TPSA) is 80.3 Å². The quantitative estimate of drug-likeness (QED) is 0.633. The number of amides is 1. The molecule has 0 bridgehead atoms. The molecule has 2 N–H and O–H groups in total. The lowest BCUT2D eigenvalue weighted by molar-refractivity contribution is -0.113. The lowest BCUT2D eigenvalue weighted by Gasteiger charge is -2.07. The summed E-state index contributed by atoms with van der Waals surface area (Å²) >= 11 is 1.30. The smallest absolute Gasteiger partial charge is 0.235 e. The van der Waals surface area contributed by atoms with Crippen molar-refractivity contribution in [3.05, 3.63) is 54.5 Å². The Labute approximate surface area is 147 Å². The number of carbonyl (C=O) groups is 1. The largest absolute Gasteiger partial charge is 0.463 e. The highest BCUT2D eigenvalue weighted by molar-refractivity contribution is 8.00. The van der Waals surface area contributed by atoms with Crippen LogP contribution in [0.4, 0.5) is 10.2 Å². The van der Waals surface area contributed by atoms with Crippen LogP contribution in [0.2, 0.25) is 0 Å². The predicted octanol–water partition coefficient (Wildman–Crippen LogP) is 3.01. The molecule has 0 atom stereocenters. The van der Waals surface area contributed by atoms with Crippen LogP contribution in [0.3, 0.4) is 0 Å². The first-order valence-corrected chi connectivity index (χ1v) is 8.55. The number of hydrogen-bond acceptors (Lipinski definition) is 5. The van der Waals surface area contributed by atoms with Crippen LogP contribution in [-0.2, 0) is 11.3 Å². The molecule has 0 spiro atoms. The Morgan fingerprint density at radius 3 is 2.80 bits per heavy atom. The molecule has 0 unspecified atom stereocenters. The normalized spacial score (nSPS) is 10.8. The molecule has 3 aromatic rings. The number of anilines is 1. The monoisotopic (exact) mass is 361 g/mol. The molecule has 3 rings (SSSR count). The third-order valence-electron chi connectivity index (χ3n) is 3.32. The lowest BCUT2D eigenvalue weighted by atomic mass is 10.3. The van der Waals surface area contributed by atoms with Gasteiger partial charge in [-0.05, 0) is 36.4 Å². The maximum atomic E-state index is 12.9. The summed E-state index contributed by atoms with van der Waals surface area (Å²) in [5, 5.41) is 16.3. The van der Waals surface area contributed by atoms with Crippen LogP contribution in [-0.4, -0.2) is 33.2 Å². The van der Waals surface area contributed by atoms with E-state index in [1.165, 1.54) is 34.8 Å². The third-order valence-corrected chi connectivity index (χ3v) is 4.33. The van der Waals surface area contributed by atoms with E-state index in [-0.39, 0.29) is 30.6 Å². The van der Waals surface area contributed by atoms with Gasteiger partial charge in [-0.2, -0.15) is 5.10 Å². The van der Waals surface area contributed by atoms with Gasteiger partial charge in [0.15, 0.2) is 5.76 Å². The molecule has 0 aliphatic rings. The second-order valence-electron chi connectivity index (χ2n) is 5.13. The van der Waals surface area contributed by atoms with Gasteiger partial charge in [0.2, 0.25) is 5.91 Å². The van der Waals surface area contributed by atoms with Crippen molar-refractivity contribution in [3.63, 3.8) is 0 Å². The number of furan rings is 1. The second-order valence-corrected chi connectivity index (χ2v) is 6.18. The number of rotatable bonds is 7. The lowest BCUT2D eigenvalue weighted by Crippen LogP contribution is -2.18. The molecule has 0 fully saturated rings. The van der Waals surface area contributed by atoms with Gasteiger partial charge in [-0.25, -0.2) is 9.07 Å². The number of carbonyl (C=O) groups excluding carboxylic acids is 1. The summed E-state index contributed by atoms with van der Waals surface area (Å²) in [6, 6.07) is 11.2. The fourth-order valence-corrected chi connectivity index (χ4v) is 2.88. The number of thioether (sulfide) groups is 1. The second kappa shape index (κ2) is 8.00. The summed E-state index contributed by atoms with van der Waals surface area (Å²) in [7, 11) is 0. The van der Waals surface area contributed by atoms with Crippen molar-refractivity contribution in [2.24, 2.45) is 0 Å².